The molecule has 0 aliphatic carbocycles. The minimum absolute atomic E-state index is 1.11. The van der Waals surface area contributed by atoms with Crippen LogP contribution in [0.2, 0.25) is 0 Å². The number of benzene rings is 8. The molecule has 0 aliphatic heterocycles. The van der Waals surface area contributed by atoms with Gasteiger partial charge in [-0.25, -0.2) is 0 Å². The third-order valence-electron chi connectivity index (χ3n) is 8.65. The molecule has 1 nitrogen and oxygen atoms in total. The molecule has 45 heavy (non-hydrogen) atoms. The number of fused-ring (bicyclic) bond motifs is 3. The van der Waals surface area contributed by atoms with Crippen LogP contribution in [-0.4, -0.2) is 0 Å². The van der Waals surface area contributed by atoms with Gasteiger partial charge in [-0.05, 0) is 68.2 Å². The zero-order valence-electron chi connectivity index (χ0n) is 24.8. The molecule has 8 aromatic rings. The van der Waals surface area contributed by atoms with Crippen LogP contribution in [0.25, 0.3) is 54.9 Å². The Balaban J connectivity index is 1.50. The summed E-state index contributed by atoms with van der Waals surface area (Å²) in [6.07, 6.45) is 0. The third kappa shape index (κ3) is 4.85. The van der Waals surface area contributed by atoms with E-state index in [1.54, 1.807) is 0 Å². The van der Waals surface area contributed by atoms with E-state index in [2.05, 4.69) is 193 Å². The van der Waals surface area contributed by atoms with E-state index in [9.17, 15) is 0 Å². The Morgan fingerprint density at radius 2 is 0.822 bits per heavy atom. The molecule has 0 radical (unpaired) electrons. The predicted molar refractivity (Wildman–Crippen MR) is 192 cm³/mol. The number of para-hydroxylation sites is 1. The summed E-state index contributed by atoms with van der Waals surface area (Å²) in [4.78, 5) is 2.46. The lowest BCUT2D eigenvalue weighted by atomic mass is 9.87. The smallest absolute Gasteiger partial charge is 0.0546 e. The maximum atomic E-state index is 2.46. The van der Waals surface area contributed by atoms with Crippen molar-refractivity contribution in [3.63, 3.8) is 0 Å². The van der Waals surface area contributed by atoms with Gasteiger partial charge in [0.25, 0.3) is 0 Å². The molecule has 0 heterocycles. The van der Waals surface area contributed by atoms with Gasteiger partial charge in [0.15, 0.2) is 0 Å². The summed E-state index contributed by atoms with van der Waals surface area (Å²) in [7, 11) is 0. The van der Waals surface area contributed by atoms with Crippen molar-refractivity contribution in [3.05, 3.63) is 188 Å². The van der Waals surface area contributed by atoms with Gasteiger partial charge in [-0.15, -0.1) is 0 Å². The SMILES string of the molecule is c1ccc(-c2ccccc2-c2c(-c3ccccc3)cccc2N(c2ccccc2)c2cc3ccccc3c3ccccc23)cc1. The van der Waals surface area contributed by atoms with Gasteiger partial charge in [-0.1, -0.05) is 164 Å². The third-order valence-corrected chi connectivity index (χ3v) is 8.65. The first-order valence-electron chi connectivity index (χ1n) is 15.5. The zero-order chi connectivity index (χ0) is 30.0. The van der Waals surface area contributed by atoms with E-state index in [0.717, 1.165) is 17.1 Å². The molecule has 1 heteroatoms. The van der Waals surface area contributed by atoms with Gasteiger partial charge in [0.1, 0.15) is 0 Å². The van der Waals surface area contributed by atoms with E-state index >= 15 is 0 Å². The van der Waals surface area contributed by atoms with Gasteiger partial charge >= 0.3 is 0 Å². The van der Waals surface area contributed by atoms with Crippen molar-refractivity contribution in [1.82, 2.24) is 0 Å². The highest BCUT2D eigenvalue weighted by molar-refractivity contribution is 6.15. The molecule has 0 spiro atoms. The van der Waals surface area contributed by atoms with E-state index in [4.69, 9.17) is 0 Å². The van der Waals surface area contributed by atoms with Crippen molar-refractivity contribution in [1.29, 1.82) is 0 Å². The molecule has 0 unspecified atom stereocenters. The number of rotatable bonds is 6. The van der Waals surface area contributed by atoms with Gasteiger partial charge < -0.3 is 4.90 Å². The molecule has 0 aromatic heterocycles. The lowest BCUT2D eigenvalue weighted by Crippen LogP contribution is -2.12. The van der Waals surface area contributed by atoms with Crippen LogP contribution in [0.3, 0.4) is 0 Å². The Kier molecular flexibility index (Phi) is 6.90. The molecule has 0 saturated heterocycles. The van der Waals surface area contributed by atoms with Crippen LogP contribution in [0.5, 0.6) is 0 Å². The van der Waals surface area contributed by atoms with Gasteiger partial charge in [0.05, 0.1) is 11.4 Å². The monoisotopic (exact) mass is 573 g/mol. The normalized spacial score (nSPS) is 11.1. The fourth-order valence-corrected chi connectivity index (χ4v) is 6.64. The topological polar surface area (TPSA) is 3.24 Å². The van der Waals surface area contributed by atoms with Crippen LogP contribution in [0.4, 0.5) is 17.1 Å². The molecule has 0 bridgehead atoms. The zero-order valence-corrected chi connectivity index (χ0v) is 24.8. The second-order valence-corrected chi connectivity index (χ2v) is 11.3. The van der Waals surface area contributed by atoms with Crippen molar-refractivity contribution < 1.29 is 0 Å². The first-order chi connectivity index (χ1) is 22.4. The summed E-state index contributed by atoms with van der Waals surface area (Å²) in [5.74, 6) is 0. The van der Waals surface area contributed by atoms with E-state index < -0.39 is 0 Å². The average Bonchev–Trinajstić information content (AvgIpc) is 3.13. The molecule has 8 aromatic carbocycles. The van der Waals surface area contributed by atoms with Crippen LogP contribution in [0, 0.1) is 0 Å². The molecule has 212 valence electrons. The van der Waals surface area contributed by atoms with E-state index in [1.807, 2.05) is 0 Å². The minimum Gasteiger partial charge on any atom is -0.309 e. The fourth-order valence-electron chi connectivity index (χ4n) is 6.64. The van der Waals surface area contributed by atoms with E-state index in [0.29, 0.717) is 0 Å². The lowest BCUT2D eigenvalue weighted by Gasteiger charge is -2.31. The Bertz CT molecular complexity index is 2250. The van der Waals surface area contributed by atoms with Crippen LogP contribution < -0.4 is 4.90 Å². The molecule has 0 amide bonds. The molecule has 0 aliphatic rings. The molecule has 0 atom stereocenters. The first kappa shape index (κ1) is 26.7. The average molecular weight is 574 g/mol. The highest BCUT2D eigenvalue weighted by Crippen LogP contribution is 2.49. The number of nitrogens with zero attached hydrogens (tertiary/aromatic N) is 1. The summed E-state index contributed by atoms with van der Waals surface area (Å²) in [5.41, 5.74) is 10.6. The van der Waals surface area contributed by atoms with Crippen LogP contribution in [0.15, 0.2) is 188 Å². The predicted octanol–water partition coefficient (Wildman–Crippen LogP) is 12.5. The van der Waals surface area contributed by atoms with E-state index in [1.165, 1.54) is 54.9 Å². The number of anilines is 3. The van der Waals surface area contributed by atoms with Crippen molar-refractivity contribution in [2.45, 2.75) is 0 Å². The van der Waals surface area contributed by atoms with Gasteiger partial charge in [0.2, 0.25) is 0 Å². The van der Waals surface area contributed by atoms with Gasteiger partial charge in [-0.3, -0.25) is 0 Å². The maximum Gasteiger partial charge on any atom is 0.0546 e. The lowest BCUT2D eigenvalue weighted by molar-refractivity contribution is 1.30. The summed E-state index contributed by atoms with van der Waals surface area (Å²) < 4.78 is 0. The standard InChI is InChI=1S/C44H31N/c1-4-17-32(18-5-1)36-24-12-15-28-41(36)44-38(33-19-6-2-7-20-33)29-16-30-42(44)45(35-22-8-3-9-23-35)43-31-34-21-10-11-25-37(34)39-26-13-14-27-40(39)43/h1-31H. The number of hydrogen-bond acceptors (Lipinski definition) is 1. The summed E-state index contributed by atoms with van der Waals surface area (Å²) in [6, 6.07) is 67.7. The van der Waals surface area contributed by atoms with Crippen molar-refractivity contribution in [3.8, 4) is 33.4 Å². The molecule has 0 fully saturated rings. The van der Waals surface area contributed by atoms with Crippen molar-refractivity contribution >= 4 is 38.6 Å². The van der Waals surface area contributed by atoms with Crippen LogP contribution in [0.1, 0.15) is 0 Å². The maximum absolute atomic E-state index is 2.46. The van der Waals surface area contributed by atoms with Gasteiger partial charge in [0, 0.05) is 16.6 Å². The summed E-state index contributed by atoms with van der Waals surface area (Å²) >= 11 is 0. The van der Waals surface area contributed by atoms with Gasteiger partial charge in [-0.2, -0.15) is 0 Å². The molecule has 8 rings (SSSR count). The molecular weight excluding hydrogens is 542 g/mol. The molecule has 0 saturated carbocycles. The van der Waals surface area contributed by atoms with Crippen LogP contribution in [-0.2, 0) is 0 Å². The van der Waals surface area contributed by atoms with Crippen molar-refractivity contribution in [2.24, 2.45) is 0 Å². The fraction of sp³-hybridized carbons (Fsp3) is 0. The second-order valence-electron chi connectivity index (χ2n) is 11.3. The highest BCUT2D eigenvalue weighted by Gasteiger charge is 2.24. The number of hydrogen-bond donors (Lipinski definition) is 0. The van der Waals surface area contributed by atoms with Crippen molar-refractivity contribution in [2.75, 3.05) is 4.90 Å². The second kappa shape index (κ2) is 11.6. The Morgan fingerprint density at radius 1 is 0.311 bits per heavy atom. The molecular formula is C44H31N. The molecule has 0 N–H and O–H groups in total. The Morgan fingerprint density at radius 3 is 1.53 bits per heavy atom. The Hall–Kier alpha value is -5.92. The summed E-state index contributed by atoms with van der Waals surface area (Å²) in [5, 5.41) is 4.94. The van der Waals surface area contributed by atoms with Crippen LogP contribution >= 0.6 is 0 Å². The summed E-state index contributed by atoms with van der Waals surface area (Å²) in [6.45, 7) is 0. The van der Waals surface area contributed by atoms with E-state index in [-0.39, 0.29) is 0 Å². The minimum atomic E-state index is 1.11. The first-order valence-corrected chi connectivity index (χ1v) is 15.5. The highest BCUT2D eigenvalue weighted by atomic mass is 15.1. The Labute approximate surface area is 264 Å². The largest absolute Gasteiger partial charge is 0.309 e. The quantitative estimate of drug-likeness (QED) is 0.179.